The standard InChI is InChI=1S/C14H13N3O3/c1-19-10-5-3-4-8(12(10)18)13-15-9-6-7-11(20-2)16-14(9)17-13/h3-7,18H,1-2H3,(H,15,16,17). The quantitative estimate of drug-likeness (QED) is 0.764. The van der Waals surface area contributed by atoms with Crippen LogP contribution in [0.1, 0.15) is 0 Å². The molecule has 0 saturated carbocycles. The van der Waals surface area contributed by atoms with Crippen LogP contribution >= 0.6 is 0 Å². The summed E-state index contributed by atoms with van der Waals surface area (Å²) < 4.78 is 10.2. The summed E-state index contributed by atoms with van der Waals surface area (Å²) in [6, 6.07) is 8.80. The Morgan fingerprint density at radius 2 is 1.90 bits per heavy atom. The van der Waals surface area contributed by atoms with Crippen molar-refractivity contribution in [1.29, 1.82) is 0 Å². The van der Waals surface area contributed by atoms with Crippen molar-refractivity contribution < 1.29 is 14.6 Å². The van der Waals surface area contributed by atoms with Gasteiger partial charge < -0.3 is 19.6 Å². The summed E-state index contributed by atoms with van der Waals surface area (Å²) in [5.41, 5.74) is 1.85. The van der Waals surface area contributed by atoms with Gasteiger partial charge in [0.05, 0.1) is 25.3 Å². The highest BCUT2D eigenvalue weighted by atomic mass is 16.5. The van der Waals surface area contributed by atoms with Crippen LogP contribution in [-0.4, -0.2) is 34.3 Å². The summed E-state index contributed by atoms with van der Waals surface area (Å²) >= 11 is 0. The first kappa shape index (κ1) is 12.3. The SMILES string of the molecule is COc1ccc2[nH]c(-c3cccc(OC)c3O)nc2n1. The lowest BCUT2D eigenvalue weighted by Gasteiger charge is -2.06. The Balaban J connectivity index is 2.15. The van der Waals surface area contributed by atoms with Crippen LogP contribution in [0.4, 0.5) is 0 Å². The maximum absolute atomic E-state index is 10.1. The normalized spacial score (nSPS) is 10.7. The van der Waals surface area contributed by atoms with Gasteiger partial charge in [-0.1, -0.05) is 6.07 Å². The van der Waals surface area contributed by atoms with Gasteiger partial charge in [0, 0.05) is 6.07 Å². The van der Waals surface area contributed by atoms with Crippen LogP contribution in [0.5, 0.6) is 17.4 Å². The Bertz CT molecular complexity index is 767. The first-order valence-corrected chi connectivity index (χ1v) is 6.00. The summed E-state index contributed by atoms with van der Waals surface area (Å²) in [4.78, 5) is 11.7. The van der Waals surface area contributed by atoms with Crippen molar-refractivity contribution in [3.63, 3.8) is 0 Å². The summed E-state index contributed by atoms with van der Waals surface area (Å²) in [6.45, 7) is 0. The molecule has 0 aliphatic rings. The van der Waals surface area contributed by atoms with Gasteiger partial charge in [-0.25, -0.2) is 4.98 Å². The number of methoxy groups -OCH3 is 2. The molecule has 0 atom stereocenters. The highest BCUT2D eigenvalue weighted by Gasteiger charge is 2.13. The zero-order chi connectivity index (χ0) is 14.1. The van der Waals surface area contributed by atoms with Gasteiger partial charge in [0.25, 0.3) is 0 Å². The molecule has 0 unspecified atom stereocenters. The van der Waals surface area contributed by atoms with E-state index in [4.69, 9.17) is 9.47 Å². The van der Waals surface area contributed by atoms with E-state index in [1.165, 1.54) is 7.11 Å². The third kappa shape index (κ3) is 1.91. The van der Waals surface area contributed by atoms with E-state index in [0.29, 0.717) is 28.7 Å². The molecular formula is C14H13N3O3. The van der Waals surface area contributed by atoms with Crippen molar-refractivity contribution >= 4 is 11.2 Å². The Morgan fingerprint density at radius 3 is 2.65 bits per heavy atom. The molecule has 3 rings (SSSR count). The predicted octanol–water partition coefficient (Wildman–Crippen LogP) is 2.35. The van der Waals surface area contributed by atoms with Crippen LogP contribution in [0.25, 0.3) is 22.6 Å². The topological polar surface area (TPSA) is 80.3 Å². The van der Waals surface area contributed by atoms with Gasteiger partial charge in [0.15, 0.2) is 17.1 Å². The van der Waals surface area contributed by atoms with Crippen molar-refractivity contribution in [2.24, 2.45) is 0 Å². The molecule has 0 spiro atoms. The van der Waals surface area contributed by atoms with E-state index < -0.39 is 0 Å². The molecule has 0 aliphatic heterocycles. The number of nitrogens with one attached hydrogen (secondary N) is 1. The van der Waals surface area contributed by atoms with Crippen LogP contribution < -0.4 is 9.47 Å². The van der Waals surface area contributed by atoms with Crippen LogP contribution in [0.15, 0.2) is 30.3 Å². The lowest BCUT2D eigenvalue weighted by molar-refractivity contribution is 0.374. The van der Waals surface area contributed by atoms with Crippen LogP contribution in [0, 0.1) is 0 Å². The third-order valence-electron chi connectivity index (χ3n) is 3.00. The van der Waals surface area contributed by atoms with Crippen LogP contribution in [-0.2, 0) is 0 Å². The first-order valence-electron chi connectivity index (χ1n) is 6.00. The Morgan fingerprint density at radius 1 is 1.05 bits per heavy atom. The fourth-order valence-electron chi connectivity index (χ4n) is 1.99. The number of ether oxygens (including phenoxy) is 2. The summed E-state index contributed by atoms with van der Waals surface area (Å²) in [5.74, 6) is 1.46. The number of aromatic amines is 1. The van der Waals surface area contributed by atoms with E-state index >= 15 is 0 Å². The number of pyridine rings is 1. The number of rotatable bonds is 3. The van der Waals surface area contributed by atoms with Gasteiger partial charge in [-0.15, -0.1) is 0 Å². The van der Waals surface area contributed by atoms with Gasteiger partial charge >= 0.3 is 0 Å². The Labute approximate surface area is 115 Å². The number of phenols is 1. The average molecular weight is 271 g/mol. The van der Waals surface area contributed by atoms with E-state index in [9.17, 15) is 5.11 Å². The molecule has 102 valence electrons. The van der Waals surface area contributed by atoms with Crippen molar-refractivity contribution in [3.8, 4) is 28.8 Å². The number of hydrogen-bond acceptors (Lipinski definition) is 5. The number of nitrogens with zero attached hydrogens (tertiary/aromatic N) is 2. The maximum atomic E-state index is 10.1. The number of aromatic nitrogens is 3. The van der Waals surface area contributed by atoms with Gasteiger partial charge in [0.1, 0.15) is 5.82 Å². The average Bonchev–Trinajstić information content (AvgIpc) is 2.89. The lowest BCUT2D eigenvalue weighted by atomic mass is 10.2. The molecule has 0 amide bonds. The molecule has 2 N–H and O–H groups in total. The number of fused-ring (bicyclic) bond motifs is 1. The van der Waals surface area contributed by atoms with Gasteiger partial charge in [0.2, 0.25) is 5.88 Å². The number of benzene rings is 1. The van der Waals surface area contributed by atoms with Gasteiger partial charge in [-0.3, -0.25) is 0 Å². The number of para-hydroxylation sites is 1. The fourth-order valence-corrected chi connectivity index (χ4v) is 1.99. The van der Waals surface area contributed by atoms with Crippen LogP contribution in [0.3, 0.4) is 0 Å². The molecule has 2 aromatic heterocycles. The third-order valence-corrected chi connectivity index (χ3v) is 3.00. The first-order chi connectivity index (χ1) is 9.72. The summed E-state index contributed by atoms with van der Waals surface area (Å²) in [6.07, 6.45) is 0. The molecule has 1 aromatic carbocycles. The molecule has 0 fully saturated rings. The number of phenolic OH excluding ortho intramolecular Hbond substituents is 1. The molecule has 3 aromatic rings. The van der Waals surface area contributed by atoms with E-state index in [-0.39, 0.29) is 5.75 Å². The molecule has 2 heterocycles. The number of H-pyrrole nitrogens is 1. The molecule has 6 nitrogen and oxygen atoms in total. The van der Waals surface area contributed by atoms with Crippen molar-refractivity contribution in [2.75, 3.05) is 14.2 Å². The van der Waals surface area contributed by atoms with Crippen molar-refractivity contribution in [2.45, 2.75) is 0 Å². The Kier molecular flexibility index (Phi) is 2.90. The highest BCUT2D eigenvalue weighted by Crippen LogP contribution is 2.35. The minimum Gasteiger partial charge on any atom is -0.504 e. The minimum atomic E-state index is 0.0426. The monoisotopic (exact) mass is 271 g/mol. The molecule has 0 saturated heterocycles. The Hall–Kier alpha value is -2.76. The fraction of sp³-hybridized carbons (Fsp3) is 0.143. The molecule has 6 heteroatoms. The largest absolute Gasteiger partial charge is 0.504 e. The number of hydrogen-bond donors (Lipinski definition) is 2. The second kappa shape index (κ2) is 4.73. The summed E-state index contributed by atoms with van der Waals surface area (Å²) in [7, 11) is 3.06. The van der Waals surface area contributed by atoms with Crippen molar-refractivity contribution in [1.82, 2.24) is 15.0 Å². The van der Waals surface area contributed by atoms with Crippen molar-refractivity contribution in [3.05, 3.63) is 30.3 Å². The van der Waals surface area contributed by atoms with E-state index in [1.807, 2.05) is 6.07 Å². The predicted molar refractivity (Wildman–Crippen MR) is 74.1 cm³/mol. The smallest absolute Gasteiger partial charge is 0.215 e. The highest BCUT2D eigenvalue weighted by molar-refractivity contribution is 5.79. The molecule has 0 bridgehead atoms. The molecule has 0 radical (unpaired) electrons. The lowest BCUT2D eigenvalue weighted by Crippen LogP contribution is -1.87. The summed E-state index contributed by atoms with van der Waals surface area (Å²) in [5, 5.41) is 10.1. The molecular weight excluding hydrogens is 258 g/mol. The molecule has 20 heavy (non-hydrogen) atoms. The van der Waals surface area contributed by atoms with E-state index in [0.717, 1.165) is 5.52 Å². The van der Waals surface area contributed by atoms with E-state index in [1.54, 1.807) is 31.4 Å². The van der Waals surface area contributed by atoms with Gasteiger partial charge in [-0.05, 0) is 18.2 Å². The zero-order valence-electron chi connectivity index (χ0n) is 11.0. The number of imidazole rings is 1. The van der Waals surface area contributed by atoms with E-state index in [2.05, 4.69) is 15.0 Å². The number of aromatic hydroxyl groups is 1. The van der Waals surface area contributed by atoms with Crippen LogP contribution in [0.2, 0.25) is 0 Å². The second-order valence-corrected chi connectivity index (χ2v) is 4.17. The minimum absolute atomic E-state index is 0.0426. The van der Waals surface area contributed by atoms with Gasteiger partial charge in [-0.2, -0.15) is 4.98 Å². The second-order valence-electron chi connectivity index (χ2n) is 4.17. The molecule has 0 aliphatic carbocycles. The maximum Gasteiger partial charge on any atom is 0.215 e. The zero-order valence-corrected chi connectivity index (χ0v) is 11.0.